The summed E-state index contributed by atoms with van der Waals surface area (Å²) in [6.45, 7) is 6.05. The van der Waals surface area contributed by atoms with Crippen molar-refractivity contribution in [3.8, 4) is 5.75 Å². The fraction of sp³-hybridized carbons (Fsp3) is 0.292. The van der Waals surface area contributed by atoms with Crippen molar-refractivity contribution in [2.24, 2.45) is 0 Å². The Kier molecular flexibility index (Phi) is 6.77. The van der Waals surface area contributed by atoms with Gasteiger partial charge in [-0.25, -0.2) is 0 Å². The van der Waals surface area contributed by atoms with Gasteiger partial charge in [-0.15, -0.1) is 0 Å². The largest absolute Gasteiger partial charge is 0.382 e. The third-order valence-corrected chi connectivity index (χ3v) is 6.39. The predicted molar refractivity (Wildman–Crippen MR) is 120 cm³/mol. The van der Waals surface area contributed by atoms with Gasteiger partial charge in [-0.2, -0.15) is 8.42 Å². The molecule has 0 aliphatic rings. The first kappa shape index (κ1) is 21.8. The summed E-state index contributed by atoms with van der Waals surface area (Å²) in [7, 11) is -3.56. The summed E-state index contributed by atoms with van der Waals surface area (Å²) in [5.41, 5.74) is 1.56. The summed E-state index contributed by atoms with van der Waals surface area (Å²) in [4.78, 5) is 15.2. The molecule has 0 saturated heterocycles. The molecule has 6 heteroatoms. The first-order valence-electron chi connectivity index (χ1n) is 10.1. The minimum absolute atomic E-state index is 0.0241. The maximum Gasteiger partial charge on any atom is 0.308 e. The highest BCUT2D eigenvalue weighted by Crippen LogP contribution is 2.21. The van der Waals surface area contributed by atoms with Crippen molar-refractivity contribution in [3.63, 3.8) is 0 Å². The van der Waals surface area contributed by atoms with E-state index in [-0.39, 0.29) is 23.5 Å². The van der Waals surface area contributed by atoms with E-state index in [1.165, 1.54) is 6.92 Å². The monoisotopic (exact) mass is 425 g/mol. The van der Waals surface area contributed by atoms with Crippen molar-refractivity contribution in [1.29, 1.82) is 0 Å². The molecular weight excluding hydrogens is 398 g/mol. The maximum absolute atomic E-state index is 13.3. The number of benzene rings is 3. The molecule has 0 N–H and O–H groups in total. The molecule has 3 aromatic rings. The molecule has 0 aliphatic carbocycles. The number of fused-ring (bicyclic) bond motifs is 1. The van der Waals surface area contributed by atoms with E-state index in [1.54, 1.807) is 24.3 Å². The summed E-state index contributed by atoms with van der Waals surface area (Å²) in [5.74, 6) is 0.164. The van der Waals surface area contributed by atoms with Gasteiger partial charge in [0, 0.05) is 18.2 Å². The zero-order valence-corrected chi connectivity index (χ0v) is 18.4. The van der Waals surface area contributed by atoms with Gasteiger partial charge in [0.15, 0.2) is 0 Å². The number of carbonyl (C=O) groups excluding carboxylic acids is 1. The second-order valence-electron chi connectivity index (χ2n) is 7.33. The Hall–Kier alpha value is -2.86. The second-order valence-corrected chi connectivity index (χ2v) is 9.19. The van der Waals surface area contributed by atoms with Gasteiger partial charge in [0.2, 0.25) is 0 Å². The molecule has 0 aromatic heterocycles. The van der Waals surface area contributed by atoms with Gasteiger partial charge < -0.3 is 9.08 Å². The molecule has 0 fully saturated rings. The Balaban J connectivity index is 1.82. The van der Waals surface area contributed by atoms with Crippen molar-refractivity contribution >= 4 is 26.8 Å². The average Bonchev–Trinajstić information content (AvgIpc) is 2.77. The number of hydrogen-bond donors (Lipinski definition) is 0. The zero-order valence-electron chi connectivity index (χ0n) is 17.5. The Bertz CT molecular complexity index is 1120. The number of rotatable bonds is 8. The van der Waals surface area contributed by atoms with Crippen LogP contribution in [0.15, 0.2) is 66.7 Å². The third-order valence-electron chi connectivity index (χ3n) is 5.23. The molecule has 0 aliphatic heterocycles. The van der Waals surface area contributed by atoms with E-state index in [9.17, 15) is 13.2 Å². The highest BCUT2D eigenvalue weighted by molar-refractivity contribution is 7.87. The first-order valence-corrected chi connectivity index (χ1v) is 11.7. The van der Waals surface area contributed by atoms with Crippen molar-refractivity contribution in [3.05, 3.63) is 77.9 Å². The summed E-state index contributed by atoms with van der Waals surface area (Å²) in [6, 6.07) is 20.6. The van der Waals surface area contributed by atoms with Gasteiger partial charge in [-0.05, 0) is 60.9 Å². The molecule has 0 saturated carbocycles. The van der Waals surface area contributed by atoms with Gasteiger partial charge in [0.1, 0.15) is 5.75 Å². The molecule has 0 radical (unpaired) electrons. The zero-order chi connectivity index (χ0) is 21.7. The predicted octanol–water partition coefficient (Wildman–Crippen LogP) is 5.01. The van der Waals surface area contributed by atoms with Crippen LogP contribution in [0.2, 0.25) is 0 Å². The molecule has 0 unspecified atom stereocenters. The van der Waals surface area contributed by atoms with E-state index in [0.29, 0.717) is 12.1 Å². The Morgan fingerprint density at radius 1 is 0.967 bits per heavy atom. The van der Waals surface area contributed by atoms with Crippen LogP contribution in [-0.2, 0) is 16.7 Å². The van der Waals surface area contributed by atoms with E-state index in [4.69, 9.17) is 4.18 Å². The minimum atomic E-state index is -3.56. The third kappa shape index (κ3) is 5.19. The normalized spacial score (nSPS) is 12.5. The molecule has 3 aromatic carbocycles. The fourth-order valence-electron chi connectivity index (χ4n) is 3.19. The smallest absolute Gasteiger partial charge is 0.308 e. The molecule has 1 amide bonds. The minimum Gasteiger partial charge on any atom is -0.382 e. The molecule has 1 atom stereocenters. The Morgan fingerprint density at radius 2 is 1.63 bits per heavy atom. The lowest BCUT2D eigenvalue weighted by molar-refractivity contribution is 0.0672. The lowest BCUT2D eigenvalue weighted by Crippen LogP contribution is -2.37. The van der Waals surface area contributed by atoms with Crippen LogP contribution in [0.4, 0.5) is 0 Å². The molecular formula is C24H27NO4S. The fourth-order valence-corrected chi connectivity index (χ4v) is 3.71. The lowest BCUT2D eigenvalue weighted by atomic mass is 10.0. The quantitative estimate of drug-likeness (QED) is 0.476. The van der Waals surface area contributed by atoms with Crippen LogP contribution < -0.4 is 4.18 Å². The van der Waals surface area contributed by atoms with Gasteiger partial charge in [0.05, 0.1) is 5.75 Å². The topological polar surface area (TPSA) is 63.7 Å². The highest BCUT2D eigenvalue weighted by atomic mass is 32.2. The summed E-state index contributed by atoms with van der Waals surface area (Å²) < 4.78 is 28.3. The Labute approximate surface area is 178 Å². The average molecular weight is 426 g/mol. The van der Waals surface area contributed by atoms with Gasteiger partial charge in [-0.1, -0.05) is 49.4 Å². The second kappa shape index (κ2) is 9.30. The van der Waals surface area contributed by atoms with Gasteiger partial charge >= 0.3 is 10.1 Å². The first-order chi connectivity index (χ1) is 14.3. The van der Waals surface area contributed by atoms with Crippen LogP contribution in [0.25, 0.3) is 10.8 Å². The highest BCUT2D eigenvalue weighted by Gasteiger charge is 2.21. The van der Waals surface area contributed by atoms with Crippen molar-refractivity contribution in [1.82, 2.24) is 4.90 Å². The summed E-state index contributed by atoms with van der Waals surface area (Å²) >= 11 is 0. The van der Waals surface area contributed by atoms with Crippen molar-refractivity contribution in [2.75, 3.05) is 5.75 Å². The maximum atomic E-state index is 13.3. The number of carbonyl (C=O) groups is 1. The van der Waals surface area contributed by atoms with Crippen LogP contribution in [0.5, 0.6) is 5.75 Å². The van der Waals surface area contributed by atoms with Gasteiger partial charge in [-0.3, -0.25) is 4.79 Å². The number of nitrogens with zero attached hydrogens (tertiary/aromatic N) is 1. The van der Waals surface area contributed by atoms with Gasteiger partial charge in [0.25, 0.3) is 5.91 Å². The Morgan fingerprint density at radius 3 is 2.27 bits per heavy atom. The molecule has 0 spiro atoms. The molecule has 0 heterocycles. The van der Waals surface area contributed by atoms with Crippen LogP contribution in [-0.4, -0.2) is 31.0 Å². The van der Waals surface area contributed by atoms with E-state index in [1.807, 2.05) is 54.3 Å². The van der Waals surface area contributed by atoms with E-state index in [0.717, 1.165) is 22.8 Å². The summed E-state index contributed by atoms with van der Waals surface area (Å²) in [6.07, 6.45) is 0.829. The van der Waals surface area contributed by atoms with Crippen LogP contribution in [0.3, 0.4) is 0 Å². The van der Waals surface area contributed by atoms with Crippen LogP contribution in [0.1, 0.15) is 43.1 Å². The molecule has 30 heavy (non-hydrogen) atoms. The molecule has 5 nitrogen and oxygen atoms in total. The molecule has 3 rings (SSSR count). The number of hydrogen-bond acceptors (Lipinski definition) is 4. The standard InChI is InChI=1S/C24H27NO4S/c1-4-18(3)25(17-19-10-14-23(15-11-19)29-30(27,28)5-2)24(26)22-13-12-20-8-6-7-9-21(20)16-22/h6-16,18H,4-5,17H2,1-3H3/t18-/m1/s1. The van der Waals surface area contributed by atoms with E-state index >= 15 is 0 Å². The SMILES string of the molecule is CC[C@@H](C)N(Cc1ccc(OS(=O)(=O)CC)cc1)C(=O)c1ccc2ccccc2c1. The lowest BCUT2D eigenvalue weighted by Gasteiger charge is -2.29. The molecule has 158 valence electrons. The molecule has 0 bridgehead atoms. The summed E-state index contributed by atoms with van der Waals surface area (Å²) in [5, 5.41) is 2.13. The number of amides is 1. The van der Waals surface area contributed by atoms with Crippen molar-refractivity contribution < 1.29 is 17.4 Å². The van der Waals surface area contributed by atoms with E-state index < -0.39 is 10.1 Å². The van der Waals surface area contributed by atoms with Crippen LogP contribution >= 0.6 is 0 Å². The van der Waals surface area contributed by atoms with Crippen molar-refractivity contribution in [2.45, 2.75) is 39.8 Å². The van der Waals surface area contributed by atoms with E-state index in [2.05, 4.69) is 6.92 Å². The van der Waals surface area contributed by atoms with Crippen LogP contribution in [0, 0.1) is 0 Å².